The maximum atomic E-state index is 12.7. The highest BCUT2D eigenvalue weighted by molar-refractivity contribution is 5.42. The zero-order chi connectivity index (χ0) is 15.8. The van der Waals surface area contributed by atoms with E-state index in [-0.39, 0.29) is 31.7 Å². The summed E-state index contributed by atoms with van der Waals surface area (Å²) in [4.78, 5) is 1.83. The van der Waals surface area contributed by atoms with Crippen LogP contribution in [-0.4, -0.2) is 40.0 Å². The number of likely N-dealkylation sites (tertiary alicyclic amines) is 1. The molecule has 21 heavy (non-hydrogen) atoms. The first-order chi connectivity index (χ1) is 9.62. The number of phenols is 1. The van der Waals surface area contributed by atoms with Crippen molar-refractivity contribution in [2.45, 2.75) is 45.0 Å². The van der Waals surface area contributed by atoms with Crippen molar-refractivity contribution in [2.24, 2.45) is 0 Å². The highest BCUT2D eigenvalue weighted by atomic mass is 19.4. The summed E-state index contributed by atoms with van der Waals surface area (Å²) in [6.07, 6.45) is -5.24. The Kier molecular flexibility index (Phi) is 4.22. The summed E-state index contributed by atoms with van der Waals surface area (Å²) >= 11 is 0. The molecule has 0 atom stereocenters. The standard InChI is InChI=1S/C15H20F3NO2/c1-10-7-11(2)13(20)12(8-10)9-19-5-3-14(21,4-6-19)15(16,17)18/h7-8,20-21H,3-6,9H2,1-2H3. The third-order valence-corrected chi connectivity index (χ3v) is 4.13. The van der Waals surface area contributed by atoms with Gasteiger partial charge in [0.1, 0.15) is 5.75 Å². The number of rotatable bonds is 2. The Hall–Kier alpha value is -1.27. The molecule has 1 aromatic rings. The molecule has 0 saturated carbocycles. The molecular weight excluding hydrogens is 283 g/mol. The van der Waals surface area contributed by atoms with Gasteiger partial charge in [0.2, 0.25) is 0 Å². The molecule has 6 heteroatoms. The molecule has 0 amide bonds. The van der Waals surface area contributed by atoms with Gasteiger partial charge in [-0.1, -0.05) is 17.7 Å². The van der Waals surface area contributed by atoms with Gasteiger partial charge in [-0.3, -0.25) is 4.90 Å². The van der Waals surface area contributed by atoms with E-state index in [1.165, 1.54) is 0 Å². The minimum atomic E-state index is -4.58. The minimum absolute atomic E-state index is 0.155. The van der Waals surface area contributed by atoms with Crippen LogP contribution in [0.1, 0.15) is 29.5 Å². The molecule has 1 aromatic carbocycles. The number of phenolic OH excluding ortho intramolecular Hbond substituents is 1. The third-order valence-electron chi connectivity index (χ3n) is 4.13. The predicted octanol–water partition coefficient (Wildman–Crippen LogP) is 2.90. The van der Waals surface area contributed by atoms with E-state index in [0.29, 0.717) is 12.1 Å². The topological polar surface area (TPSA) is 43.7 Å². The van der Waals surface area contributed by atoms with Crippen molar-refractivity contribution in [3.63, 3.8) is 0 Å². The van der Waals surface area contributed by atoms with Crippen molar-refractivity contribution in [1.29, 1.82) is 0 Å². The van der Waals surface area contributed by atoms with E-state index in [0.717, 1.165) is 11.1 Å². The SMILES string of the molecule is Cc1cc(C)c(O)c(CN2CCC(O)(C(F)(F)F)CC2)c1. The molecule has 0 aromatic heterocycles. The number of alkyl halides is 3. The molecule has 0 unspecified atom stereocenters. The summed E-state index contributed by atoms with van der Waals surface area (Å²) < 4.78 is 38.2. The van der Waals surface area contributed by atoms with Crippen LogP contribution in [0.4, 0.5) is 13.2 Å². The third kappa shape index (κ3) is 3.32. The molecule has 3 nitrogen and oxygen atoms in total. The van der Waals surface area contributed by atoms with Crippen LogP contribution in [0.15, 0.2) is 12.1 Å². The first-order valence-electron chi connectivity index (χ1n) is 6.93. The maximum Gasteiger partial charge on any atom is 0.417 e. The van der Waals surface area contributed by atoms with Gasteiger partial charge >= 0.3 is 6.18 Å². The highest BCUT2D eigenvalue weighted by Gasteiger charge is 2.54. The van der Waals surface area contributed by atoms with Crippen LogP contribution in [-0.2, 0) is 6.54 Å². The van der Waals surface area contributed by atoms with Crippen molar-refractivity contribution in [2.75, 3.05) is 13.1 Å². The summed E-state index contributed by atoms with van der Waals surface area (Å²) in [5.41, 5.74) is -0.100. The molecule has 0 aliphatic carbocycles. The number of nitrogens with zero attached hydrogens (tertiary/aromatic N) is 1. The van der Waals surface area contributed by atoms with Crippen LogP contribution in [0, 0.1) is 13.8 Å². The number of halogens is 3. The molecule has 1 fully saturated rings. The Morgan fingerprint density at radius 1 is 1.19 bits per heavy atom. The van der Waals surface area contributed by atoms with Gasteiger partial charge in [-0.25, -0.2) is 0 Å². The molecule has 2 rings (SSSR count). The molecule has 1 saturated heterocycles. The minimum Gasteiger partial charge on any atom is -0.507 e. The number of piperidine rings is 1. The van der Waals surface area contributed by atoms with Crippen LogP contribution in [0.5, 0.6) is 5.75 Å². The Morgan fingerprint density at radius 3 is 2.29 bits per heavy atom. The zero-order valence-electron chi connectivity index (χ0n) is 12.2. The Labute approximate surface area is 122 Å². The normalized spacial score (nSPS) is 19.7. The second kappa shape index (κ2) is 5.50. The second-order valence-electron chi connectivity index (χ2n) is 5.90. The molecule has 118 valence electrons. The van der Waals surface area contributed by atoms with Gasteiger partial charge in [-0.2, -0.15) is 13.2 Å². The molecule has 1 aliphatic heterocycles. The molecule has 0 radical (unpaired) electrons. The van der Waals surface area contributed by atoms with Gasteiger partial charge < -0.3 is 10.2 Å². The van der Waals surface area contributed by atoms with E-state index in [1.54, 1.807) is 6.92 Å². The molecule has 1 aliphatic rings. The summed E-state index contributed by atoms with van der Waals surface area (Å²) in [6, 6.07) is 3.70. The molecule has 1 heterocycles. The predicted molar refractivity (Wildman–Crippen MR) is 73.1 cm³/mol. The molecule has 0 bridgehead atoms. The zero-order valence-corrected chi connectivity index (χ0v) is 12.2. The first kappa shape index (κ1) is 16.1. The van der Waals surface area contributed by atoms with Crippen molar-refractivity contribution < 1.29 is 23.4 Å². The number of benzene rings is 1. The Morgan fingerprint density at radius 2 is 1.76 bits per heavy atom. The summed E-state index contributed by atoms with van der Waals surface area (Å²) in [7, 11) is 0. The van der Waals surface area contributed by atoms with Crippen LogP contribution in [0.2, 0.25) is 0 Å². The largest absolute Gasteiger partial charge is 0.507 e. The lowest BCUT2D eigenvalue weighted by Crippen LogP contribution is -2.53. The average Bonchev–Trinajstić information content (AvgIpc) is 2.37. The summed E-state index contributed by atoms with van der Waals surface area (Å²) in [5, 5.41) is 19.7. The fourth-order valence-electron chi connectivity index (χ4n) is 2.77. The average molecular weight is 303 g/mol. The van der Waals surface area contributed by atoms with E-state index in [4.69, 9.17) is 0 Å². The number of hydrogen-bond donors (Lipinski definition) is 2. The van der Waals surface area contributed by atoms with E-state index in [2.05, 4.69) is 0 Å². The number of aryl methyl sites for hydroxylation is 2. The Bertz CT molecular complexity index is 520. The molecular formula is C15H20F3NO2. The quantitative estimate of drug-likeness (QED) is 0.883. The van der Waals surface area contributed by atoms with Crippen molar-refractivity contribution in [1.82, 2.24) is 4.90 Å². The smallest absolute Gasteiger partial charge is 0.417 e. The van der Waals surface area contributed by atoms with Crippen molar-refractivity contribution in [3.05, 3.63) is 28.8 Å². The summed E-state index contributed by atoms with van der Waals surface area (Å²) in [6.45, 7) is 4.41. The van der Waals surface area contributed by atoms with Gasteiger partial charge in [0.25, 0.3) is 0 Å². The van der Waals surface area contributed by atoms with Crippen molar-refractivity contribution in [3.8, 4) is 5.75 Å². The monoisotopic (exact) mass is 303 g/mol. The van der Waals surface area contributed by atoms with Crippen molar-refractivity contribution >= 4 is 0 Å². The molecule has 0 spiro atoms. The maximum absolute atomic E-state index is 12.7. The second-order valence-corrected chi connectivity index (χ2v) is 5.90. The van der Waals surface area contributed by atoms with Gasteiger partial charge in [-0.15, -0.1) is 0 Å². The van der Waals surface area contributed by atoms with Gasteiger partial charge in [0.05, 0.1) is 0 Å². The lowest BCUT2D eigenvalue weighted by atomic mass is 9.90. The number of aliphatic hydroxyl groups is 1. The lowest BCUT2D eigenvalue weighted by Gasteiger charge is -2.39. The fraction of sp³-hybridized carbons (Fsp3) is 0.600. The Balaban J connectivity index is 2.05. The number of aromatic hydroxyl groups is 1. The van der Waals surface area contributed by atoms with E-state index < -0.39 is 11.8 Å². The van der Waals surface area contributed by atoms with E-state index in [9.17, 15) is 23.4 Å². The van der Waals surface area contributed by atoms with Gasteiger partial charge in [-0.05, 0) is 32.3 Å². The van der Waals surface area contributed by atoms with Crippen LogP contribution in [0.3, 0.4) is 0 Å². The lowest BCUT2D eigenvalue weighted by molar-refractivity contribution is -0.272. The highest BCUT2D eigenvalue weighted by Crippen LogP contribution is 2.38. The van der Waals surface area contributed by atoms with Gasteiger partial charge in [0.15, 0.2) is 5.60 Å². The fourth-order valence-corrected chi connectivity index (χ4v) is 2.77. The summed E-state index contributed by atoms with van der Waals surface area (Å²) in [5.74, 6) is 0.192. The first-order valence-corrected chi connectivity index (χ1v) is 6.93. The van der Waals surface area contributed by atoms with Crippen LogP contribution in [0.25, 0.3) is 0 Å². The van der Waals surface area contributed by atoms with E-state index in [1.807, 2.05) is 24.0 Å². The van der Waals surface area contributed by atoms with Crippen LogP contribution >= 0.6 is 0 Å². The van der Waals surface area contributed by atoms with Crippen LogP contribution < -0.4 is 0 Å². The number of hydrogen-bond acceptors (Lipinski definition) is 3. The molecule has 2 N–H and O–H groups in total. The van der Waals surface area contributed by atoms with E-state index >= 15 is 0 Å². The van der Waals surface area contributed by atoms with Gasteiger partial charge in [0, 0.05) is 25.2 Å².